The minimum absolute atomic E-state index is 0.0667. The van der Waals surface area contributed by atoms with Gasteiger partial charge < -0.3 is 20.1 Å². The minimum Gasteiger partial charge on any atom is -0.491 e. The fourth-order valence-corrected chi connectivity index (χ4v) is 3.21. The molecule has 2 aromatic rings. The van der Waals surface area contributed by atoms with Crippen LogP contribution in [0.4, 0.5) is 0 Å². The minimum atomic E-state index is -0.0667. The number of ether oxygens (including phenoxy) is 2. The molecular formula is C28H40N2O4. The van der Waals surface area contributed by atoms with E-state index in [9.17, 15) is 9.59 Å². The summed E-state index contributed by atoms with van der Waals surface area (Å²) in [5, 5.41) is 5.92. The third-order valence-corrected chi connectivity index (χ3v) is 5.73. The summed E-state index contributed by atoms with van der Waals surface area (Å²) in [7, 11) is 0. The smallest absolute Gasteiger partial charge is 0.251 e. The lowest BCUT2D eigenvalue weighted by atomic mass is 10.1. The van der Waals surface area contributed by atoms with Gasteiger partial charge in [-0.25, -0.2) is 0 Å². The number of rotatable bonds is 15. The van der Waals surface area contributed by atoms with E-state index >= 15 is 0 Å². The predicted molar refractivity (Wildman–Crippen MR) is 137 cm³/mol. The Morgan fingerprint density at radius 3 is 1.32 bits per heavy atom. The first kappa shape index (κ1) is 27.2. The van der Waals surface area contributed by atoms with Crippen LogP contribution in [0.25, 0.3) is 0 Å². The van der Waals surface area contributed by atoms with Crippen LogP contribution >= 0.6 is 0 Å². The largest absolute Gasteiger partial charge is 0.491 e. The van der Waals surface area contributed by atoms with E-state index in [2.05, 4.69) is 24.5 Å². The quantitative estimate of drug-likeness (QED) is 0.326. The van der Waals surface area contributed by atoms with Crippen molar-refractivity contribution in [2.75, 3.05) is 13.1 Å². The van der Waals surface area contributed by atoms with Gasteiger partial charge in [0.05, 0.1) is 12.2 Å². The molecule has 2 aromatic carbocycles. The lowest BCUT2D eigenvalue weighted by molar-refractivity contribution is 0.0943. The van der Waals surface area contributed by atoms with Crippen molar-refractivity contribution < 1.29 is 19.1 Å². The maximum atomic E-state index is 12.3. The second-order valence-corrected chi connectivity index (χ2v) is 8.65. The lowest BCUT2D eigenvalue weighted by Crippen LogP contribution is -2.25. The fourth-order valence-electron chi connectivity index (χ4n) is 3.21. The molecule has 6 nitrogen and oxygen atoms in total. The molecule has 0 aliphatic rings. The van der Waals surface area contributed by atoms with Gasteiger partial charge in [-0.3, -0.25) is 9.59 Å². The lowest BCUT2D eigenvalue weighted by Gasteiger charge is -2.13. The van der Waals surface area contributed by atoms with Gasteiger partial charge in [0.15, 0.2) is 0 Å². The van der Waals surface area contributed by atoms with E-state index in [1.807, 2.05) is 38.1 Å². The molecule has 0 aliphatic carbocycles. The van der Waals surface area contributed by atoms with Crippen molar-refractivity contribution in [2.24, 2.45) is 0 Å². The molecule has 2 N–H and O–H groups in total. The number of carbonyl (C=O) groups excluding carboxylic acids is 2. The Kier molecular flexibility index (Phi) is 12.0. The zero-order valence-corrected chi connectivity index (χ0v) is 21.1. The molecule has 0 heterocycles. The zero-order chi connectivity index (χ0) is 24.8. The van der Waals surface area contributed by atoms with Crippen LogP contribution in [0, 0.1) is 0 Å². The summed E-state index contributed by atoms with van der Waals surface area (Å²) in [6, 6.07) is 14.5. The van der Waals surface area contributed by atoms with Crippen molar-refractivity contribution in [3.8, 4) is 11.5 Å². The number of hydrogen-bond acceptors (Lipinski definition) is 4. The molecule has 0 bridgehead atoms. The highest BCUT2D eigenvalue weighted by atomic mass is 16.5. The Bertz CT molecular complexity index is 791. The fraction of sp³-hybridized carbons (Fsp3) is 0.500. The summed E-state index contributed by atoms with van der Waals surface area (Å²) < 4.78 is 11.5. The maximum absolute atomic E-state index is 12.3. The van der Waals surface area contributed by atoms with Gasteiger partial charge in [-0.15, -0.1) is 0 Å². The van der Waals surface area contributed by atoms with Crippen LogP contribution in [0.2, 0.25) is 0 Å². The van der Waals surface area contributed by atoms with Gasteiger partial charge >= 0.3 is 0 Å². The van der Waals surface area contributed by atoms with Crippen molar-refractivity contribution in [3.63, 3.8) is 0 Å². The Morgan fingerprint density at radius 1 is 0.647 bits per heavy atom. The Morgan fingerprint density at radius 2 is 1.00 bits per heavy atom. The van der Waals surface area contributed by atoms with Gasteiger partial charge in [0, 0.05) is 24.2 Å². The molecule has 6 heteroatoms. The molecule has 0 saturated heterocycles. The number of amides is 2. The molecule has 0 aromatic heterocycles. The summed E-state index contributed by atoms with van der Waals surface area (Å²) in [5.74, 6) is 1.43. The van der Waals surface area contributed by atoms with Crippen LogP contribution in [-0.2, 0) is 0 Å². The zero-order valence-electron chi connectivity index (χ0n) is 21.1. The average Bonchev–Trinajstić information content (AvgIpc) is 2.86. The second-order valence-electron chi connectivity index (χ2n) is 8.65. The highest BCUT2D eigenvalue weighted by Crippen LogP contribution is 2.16. The number of carbonyl (C=O) groups is 2. The first-order valence-electron chi connectivity index (χ1n) is 12.5. The number of benzene rings is 2. The van der Waals surface area contributed by atoms with Crippen molar-refractivity contribution >= 4 is 11.8 Å². The SMILES string of the molecule is CCC(C)Oc1ccc(C(=O)NCCCCCCNC(=O)c2ccc(OC(C)CC)cc2)cc1. The van der Waals surface area contributed by atoms with Gasteiger partial charge in [-0.05, 0) is 88.1 Å². The first-order chi connectivity index (χ1) is 16.4. The van der Waals surface area contributed by atoms with E-state index in [1.165, 1.54) is 0 Å². The van der Waals surface area contributed by atoms with Crippen LogP contribution in [0.15, 0.2) is 48.5 Å². The van der Waals surface area contributed by atoms with Gasteiger partial charge in [0.2, 0.25) is 0 Å². The molecule has 0 spiro atoms. The molecule has 2 atom stereocenters. The van der Waals surface area contributed by atoms with E-state index in [1.54, 1.807) is 24.3 Å². The Balaban J connectivity index is 1.55. The van der Waals surface area contributed by atoms with Gasteiger partial charge in [-0.1, -0.05) is 26.7 Å². The van der Waals surface area contributed by atoms with E-state index < -0.39 is 0 Å². The van der Waals surface area contributed by atoms with E-state index in [4.69, 9.17) is 9.47 Å². The van der Waals surface area contributed by atoms with E-state index in [-0.39, 0.29) is 24.0 Å². The molecule has 0 saturated carbocycles. The first-order valence-corrected chi connectivity index (χ1v) is 12.5. The van der Waals surface area contributed by atoms with Crippen molar-refractivity contribution in [1.82, 2.24) is 10.6 Å². The maximum Gasteiger partial charge on any atom is 0.251 e. The van der Waals surface area contributed by atoms with Crippen molar-refractivity contribution in [2.45, 2.75) is 78.4 Å². The summed E-state index contributed by atoms with van der Waals surface area (Å²) in [6.07, 6.45) is 6.02. The second kappa shape index (κ2) is 15.0. The van der Waals surface area contributed by atoms with Crippen LogP contribution in [0.1, 0.15) is 86.9 Å². The van der Waals surface area contributed by atoms with Crippen molar-refractivity contribution in [3.05, 3.63) is 59.7 Å². The predicted octanol–water partition coefficient (Wildman–Crippen LogP) is 5.76. The number of nitrogens with one attached hydrogen (secondary N) is 2. The third kappa shape index (κ3) is 9.86. The van der Waals surface area contributed by atoms with Crippen LogP contribution in [-0.4, -0.2) is 37.1 Å². The van der Waals surface area contributed by atoms with Gasteiger partial charge in [0.1, 0.15) is 11.5 Å². The standard InChI is InChI=1S/C28H40N2O4/c1-5-21(3)33-25-15-11-23(12-16-25)27(31)29-19-9-7-8-10-20-30-28(32)24-13-17-26(18-14-24)34-22(4)6-2/h11-18,21-22H,5-10,19-20H2,1-4H3,(H,29,31)(H,30,32). The monoisotopic (exact) mass is 468 g/mol. The Labute approximate surface area is 204 Å². The molecule has 2 amide bonds. The van der Waals surface area contributed by atoms with E-state index in [0.717, 1.165) is 50.0 Å². The van der Waals surface area contributed by atoms with Crippen LogP contribution < -0.4 is 20.1 Å². The summed E-state index contributed by atoms with van der Waals surface area (Å²) in [4.78, 5) is 24.5. The summed E-state index contributed by atoms with van der Waals surface area (Å²) >= 11 is 0. The van der Waals surface area contributed by atoms with Crippen LogP contribution in [0.5, 0.6) is 11.5 Å². The van der Waals surface area contributed by atoms with Crippen LogP contribution in [0.3, 0.4) is 0 Å². The highest BCUT2D eigenvalue weighted by molar-refractivity contribution is 5.94. The highest BCUT2D eigenvalue weighted by Gasteiger charge is 2.08. The molecule has 0 aliphatic heterocycles. The number of hydrogen-bond donors (Lipinski definition) is 2. The normalized spacial score (nSPS) is 12.5. The molecule has 0 fully saturated rings. The number of unbranched alkanes of at least 4 members (excludes halogenated alkanes) is 3. The average molecular weight is 469 g/mol. The topological polar surface area (TPSA) is 76.7 Å². The molecule has 0 radical (unpaired) electrons. The molecule has 34 heavy (non-hydrogen) atoms. The third-order valence-electron chi connectivity index (χ3n) is 5.73. The van der Waals surface area contributed by atoms with Crippen molar-refractivity contribution in [1.29, 1.82) is 0 Å². The molecule has 2 unspecified atom stereocenters. The Hall–Kier alpha value is -3.02. The van der Waals surface area contributed by atoms with Gasteiger partial charge in [0.25, 0.3) is 11.8 Å². The molecule has 2 rings (SSSR count). The summed E-state index contributed by atoms with van der Waals surface area (Å²) in [5.41, 5.74) is 1.28. The van der Waals surface area contributed by atoms with E-state index in [0.29, 0.717) is 24.2 Å². The van der Waals surface area contributed by atoms with Gasteiger partial charge in [-0.2, -0.15) is 0 Å². The molecular weight excluding hydrogens is 428 g/mol. The molecule has 186 valence electrons. The summed E-state index contributed by atoms with van der Waals surface area (Å²) in [6.45, 7) is 9.48.